The van der Waals surface area contributed by atoms with E-state index >= 15 is 0 Å². The van der Waals surface area contributed by atoms with Crippen LogP contribution in [0.3, 0.4) is 0 Å². The van der Waals surface area contributed by atoms with E-state index in [0.29, 0.717) is 19.6 Å². The predicted octanol–water partition coefficient (Wildman–Crippen LogP) is 3.57. The minimum Gasteiger partial charge on any atom is -0.461 e. The van der Waals surface area contributed by atoms with Crippen molar-refractivity contribution in [3.8, 4) is 0 Å². The van der Waals surface area contributed by atoms with Gasteiger partial charge in [0, 0.05) is 12.8 Å². The molecule has 0 heterocycles. The second kappa shape index (κ2) is 12.5. The number of allylic oxidation sites excluding steroid dienone is 2. The van der Waals surface area contributed by atoms with Crippen molar-refractivity contribution in [1.29, 1.82) is 0 Å². The third-order valence-corrected chi connectivity index (χ3v) is 2.46. The fourth-order valence-electron chi connectivity index (χ4n) is 1.32. The maximum atomic E-state index is 11.3. The molecule has 4 heteroatoms. The summed E-state index contributed by atoms with van der Waals surface area (Å²) in [6, 6.07) is 0. The van der Waals surface area contributed by atoms with Crippen LogP contribution in [0.4, 0.5) is 0 Å². The summed E-state index contributed by atoms with van der Waals surface area (Å²) in [5.41, 5.74) is 1.11. The summed E-state index contributed by atoms with van der Waals surface area (Å²) < 4.78 is 9.98. The van der Waals surface area contributed by atoms with Gasteiger partial charge in [-0.1, -0.05) is 31.1 Å². The molecule has 0 amide bonds. The first-order valence-electron chi connectivity index (χ1n) is 7.15. The molecule has 0 saturated heterocycles. The van der Waals surface area contributed by atoms with Gasteiger partial charge in [0.15, 0.2) is 0 Å². The van der Waals surface area contributed by atoms with Crippen LogP contribution in [0.2, 0.25) is 0 Å². The van der Waals surface area contributed by atoms with Gasteiger partial charge in [0.05, 0.1) is 0 Å². The van der Waals surface area contributed by atoms with Gasteiger partial charge in [0.2, 0.25) is 0 Å². The minimum absolute atomic E-state index is 0.247. The van der Waals surface area contributed by atoms with Gasteiger partial charge in [0.25, 0.3) is 0 Å². The number of carbonyl (C=O) groups is 2. The van der Waals surface area contributed by atoms with Gasteiger partial charge in [-0.05, 0) is 32.8 Å². The van der Waals surface area contributed by atoms with Gasteiger partial charge in [-0.15, -0.1) is 0 Å². The van der Waals surface area contributed by atoms with Crippen molar-refractivity contribution in [1.82, 2.24) is 0 Å². The molecule has 0 aromatic carbocycles. The standard InChI is InChI=1S/C16H26O4/c1-4-5-6-7-12-19-15(17)9-8-10-16(18)20-13-11-14(2)3/h6-7,11H,4-5,8-10,12-13H2,1-3H3/b7-6+. The number of carbonyl (C=O) groups excluding carboxylic acids is 2. The molecule has 0 N–H and O–H groups in total. The maximum absolute atomic E-state index is 11.3. The van der Waals surface area contributed by atoms with Gasteiger partial charge < -0.3 is 9.47 Å². The molecule has 0 bridgehead atoms. The average Bonchev–Trinajstić information content (AvgIpc) is 2.38. The molecule has 0 saturated carbocycles. The topological polar surface area (TPSA) is 52.6 Å². The Balaban J connectivity index is 3.55. The van der Waals surface area contributed by atoms with E-state index in [1.54, 1.807) is 0 Å². The van der Waals surface area contributed by atoms with E-state index in [1.807, 2.05) is 32.1 Å². The third kappa shape index (κ3) is 12.9. The molecule has 0 aromatic rings. The van der Waals surface area contributed by atoms with Gasteiger partial charge in [-0.25, -0.2) is 0 Å². The predicted molar refractivity (Wildman–Crippen MR) is 79.2 cm³/mol. The molecule has 0 spiro atoms. The highest BCUT2D eigenvalue weighted by Gasteiger charge is 2.06. The SMILES string of the molecule is CCC/C=C/COC(=O)CCCC(=O)OCC=C(C)C. The summed E-state index contributed by atoms with van der Waals surface area (Å²) in [4.78, 5) is 22.7. The fourth-order valence-corrected chi connectivity index (χ4v) is 1.32. The van der Waals surface area contributed by atoms with Crippen molar-refractivity contribution < 1.29 is 19.1 Å². The average molecular weight is 282 g/mol. The molecule has 20 heavy (non-hydrogen) atoms. The Morgan fingerprint density at radius 3 is 2.10 bits per heavy atom. The molecule has 114 valence electrons. The zero-order valence-electron chi connectivity index (χ0n) is 12.8. The zero-order valence-corrected chi connectivity index (χ0v) is 12.8. The van der Waals surface area contributed by atoms with Crippen molar-refractivity contribution in [3.63, 3.8) is 0 Å². The first-order valence-corrected chi connectivity index (χ1v) is 7.15. The summed E-state index contributed by atoms with van der Waals surface area (Å²) in [5.74, 6) is -0.554. The minimum atomic E-state index is -0.279. The van der Waals surface area contributed by atoms with Crippen LogP contribution in [0, 0.1) is 0 Å². The summed E-state index contributed by atoms with van der Waals surface area (Å²) in [6.45, 7) is 6.59. The third-order valence-electron chi connectivity index (χ3n) is 2.46. The molecule has 0 aliphatic heterocycles. The Bertz CT molecular complexity index is 338. The molecule has 0 unspecified atom stereocenters. The Kier molecular flexibility index (Phi) is 11.5. The van der Waals surface area contributed by atoms with Crippen LogP contribution in [0.25, 0.3) is 0 Å². The molecule has 0 aromatic heterocycles. The zero-order chi connectivity index (χ0) is 15.2. The quantitative estimate of drug-likeness (QED) is 0.454. The highest BCUT2D eigenvalue weighted by molar-refractivity contribution is 5.72. The summed E-state index contributed by atoms with van der Waals surface area (Å²) in [5, 5.41) is 0. The number of rotatable bonds is 10. The van der Waals surface area contributed by atoms with E-state index in [9.17, 15) is 9.59 Å². The van der Waals surface area contributed by atoms with Crippen molar-refractivity contribution in [2.24, 2.45) is 0 Å². The Morgan fingerprint density at radius 2 is 1.55 bits per heavy atom. The monoisotopic (exact) mass is 282 g/mol. The van der Waals surface area contributed by atoms with Crippen LogP contribution >= 0.6 is 0 Å². The highest BCUT2D eigenvalue weighted by Crippen LogP contribution is 2.01. The van der Waals surface area contributed by atoms with Gasteiger partial charge in [-0.3, -0.25) is 9.59 Å². The lowest BCUT2D eigenvalue weighted by molar-refractivity contribution is -0.144. The number of unbranched alkanes of at least 4 members (excludes halogenated alkanes) is 1. The number of esters is 2. The Hall–Kier alpha value is -1.58. The molecule has 0 atom stereocenters. The van der Waals surface area contributed by atoms with E-state index in [2.05, 4.69) is 6.92 Å². The second-order valence-electron chi connectivity index (χ2n) is 4.76. The lowest BCUT2D eigenvalue weighted by atomic mass is 10.2. The smallest absolute Gasteiger partial charge is 0.306 e. The lowest BCUT2D eigenvalue weighted by Crippen LogP contribution is -2.08. The molecule has 0 aliphatic carbocycles. The van der Waals surface area contributed by atoms with Gasteiger partial charge >= 0.3 is 11.9 Å². The molecule has 0 radical (unpaired) electrons. The number of ether oxygens (including phenoxy) is 2. The Labute approximate surface area is 121 Å². The molecule has 0 rings (SSSR count). The first-order chi connectivity index (χ1) is 9.56. The van der Waals surface area contributed by atoms with E-state index in [-0.39, 0.29) is 24.8 Å². The largest absolute Gasteiger partial charge is 0.461 e. The fraction of sp³-hybridized carbons (Fsp3) is 0.625. The van der Waals surface area contributed by atoms with Crippen molar-refractivity contribution in [3.05, 3.63) is 23.8 Å². The van der Waals surface area contributed by atoms with Crippen LogP contribution in [0.1, 0.15) is 52.9 Å². The van der Waals surface area contributed by atoms with E-state index in [1.165, 1.54) is 0 Å². The highest BCUT2D eigenvalue weighted by atomic mass is 16.5. The summed E-state index contributed by atoms with van der Waals surface area (Å²) >= 11 is 0. The number of hydrogen-bond acceptors (Lipinski definition) is 4. The van der Waals surface area contributed by atoms with Crippen LogP contribution < -0.4 is 0 Å². The van der Waals surface area contributed by atoms with Crippen LogP contribution in [0.5, 0.6) is 0 Å². The van der Waals surface area contributed by atoms with Crippen LogP contribution in [-0.4, -0.2) is 25.2 Å². The van der Waals surface area contributed by atoms with Crippen LogP contribution in [-0.2, 0) is 19.1 Å². The van der Waals surface area contributed by atoms with Crippen LogP contribution in [0.15, 0.2) is 23.8 Å². The lowest BCUT2D eigenvalue weighted by Gasteiger charge is -2.03. The van der Waals surface area contributed by atoms with Crippen molar-refractivity contribution in [2.45, 2.75) is 52.9 Å². The van der Waals surface area contributed by atoms with Gasteiger partial charge in [-0.2, -0.15) is 0 Å². The maximum Gasteiger partial charge on any atom is 0.306 e. The molecular formula is C16H26O4. The normalized spacial score (nSPS) is 10.3. The van der Waals surface area contributed by atoms with Crippen molar-refractivity contribution in [2.75, 3.05) is 13.2 Å². The van der Waals surface area contributed by atoms with E-state index in [0.717, 1.165) is 18.4 Å². The summed E-state index contributed by atoms with van der Waals surface area (Å²) in [7, 11) is 0. The van der Waals surface area contributed by atoms with Gasteiger partial charge in [0.1, 0.15) is 13.2 Å². The van der Waals surface area contributed by atoms with E-state index < -0.39 is 0 Å². The van der Waals surface area contributed by atoms with Crippen molar-refractivity contribution >= 4 is 11.9 Å². The molecular weight excluding hydrogens is 256 g/mol. The van der Waals surface area contributed by atoms with E-state index in [4.69, 9.17) is 9.47 Å². The molecule has 4 nitrogen and oxygen atoms in total. The molecule has 0 aliphatic rings. The number of hydrogen-bond donors (Lipinski definition) is 0. The molecule has 0 fully saturated rings. The summed E-state index contributed by atoms with van der Waals surface area (Å²) in [6.07, 6.45) is 8.72. The Morgan fingerprint density at radius 1 is 0.950 bits per heavy atom. The second-order valence-corrected chi connectivity index (χ2v) is 4.76. The first kappa shape index (κ1) is 18.4.